The van der Waals surface area contributed by atoms with Gasteiger partial charge in [-0.1, -0.05) is 12.1 Å². The van der Waals surface area contributed by atoms with Crippen LogP contribution in [0.15, 0.2) is 42.5 Å². The highest BCUT2D eigenvalue weighted by atomic mass is 16.5. The Morgan fingerprint density at radius 1 is 1.26 bits per heavy atom. The number of methoxy groups -OCH3 is 1. The van der Waals surface area contributed by atoms with Crippen LogP contribution in [-0.4, -0.2) is 51.1 Å². The van der Waals surface area contributed by atoms with Crippen molar-refractivity contribution in [2.45, 2.75) is 6.04 Å². The number of nitrogens with zero attached hydrogens (tertiary/aromatic N) is 1. The Labute approximate surface area is 158 Å². The van der Waals surface area contributed by atoms with Crippen LogP contribution in [-0.2, 0) is 4.79 Å². The fourth-order valence-electron chi connectivity index (χ4n) is 2.93. The van der Waals surface area contributed by atoms with Gasteiger partial charge in [0.25, 0.3) is 11.8 Å². The van der Waals surface area contributed by atoms with Crippen LogP contribution >= 0.6 is 0 Å². The van der Waals surface area contributed by atoms with E-state index < -0.39 is 0 Å². The number of rotatable bonds is 6. The number of carbonyl (C=O) groups is 2. The Kier molecular flexibility index (Phi) is 5.61. The number of nitrogens with one attached hydrogen (secondary N) is 2. The Morgan fingerprint density at radius 2 is 2.00 bits per heavy atom. The highest BCUT2D eigenvalue weighted by Gasteiger charge is 2.19. The molecule has 7 heteroatoms. The minimum atomic E-state index is -0.201. The molecule has 0 saturated heterocycles. The van der Waals surface area contributed by atoms with Gasteiger partial charge in [-0.05, 0) is 50.0 Å². The van der Waals surface area contributed by atoms with E-state index in [4.69, 9.17) is 9.47 Å². The molecule has 2 aromatic rings. The number of benzene rings is 2. The first-order valence-electron chi connectivity index (χ1n) is 8.63. The molecular weight excluding hydrogens is 346 g/mol. The average molecular weight is 369 g/mol. The van der Waals surface area contributed by atoms with Gasteiger partial charge in [-0.2, -0.15) is 0 Å². The topological polar surface area (TPSA) is 79.9 Å². The monoisotopic (exact) mass is 369 g/mol. The van der Waals surface area contributed by atoms with E-state index >= 15 is 0 Å². The molecule has 27 heavy (non-hydrogen) atoms. The largest absolute Gasteiger partial charge is 0.497 e. The summed E-state index contributed by atoms with van der Waals surface area (Å²) in [5.74, 6) is 0.898. The van der Waals surface area contributed by atoms with Gasteiger partial charge < -0.3 is 25.0 Å². The van der Waals surface area contributed by atoms with E-state index in [-0.39, 0.29) is 24.5 Å². The molecule has 142 valence electrons. The van der Waals surface area contributed by atoms with Crippen LogP contribution in [0.5, 0.6) is 11.5 Å². The summed E-state index contributed by atoms with van der Waals surface area (Å²) in [4.78, 5) is 25.9. The van der Waals surface area contributed by atoms with Crippen molar-refractivity contribution in [2.24, 2.45) is 0 Å². The summed E-state index contributed by atoms with van der Waals surface area (Å²) in [6, 6.07) is 12.8. The lowest BCUT2D eigenvalue weighted by Gasteiger charge is -2.25. The van der Waals surface area contributed by atoms with Gasteiger partial charge in [-0.25, -0.2) is 0 Å². The molecule has 0 aromatic heterocycles. The maximum atomic E-state index is 12.6. The second-order valence-electron chi connectivity index (χ2n) is 6.51. The van der Waals surface area contributed by atoms with Gasteiger partial charge in [0.2, 0.25) is 0 Å². The molecule has 1 atom stereocenters. The van der Waals surface area contributed by atoms with Crippen LogP contribution in [0.25, 0.3) is 0 Å². The number of hydrogen-bond acceptors (Lipinski definition) is 5. The number of hydrogen-bond donors (Lipinski definition) is 2. The highest BCUT2D eigenvalue weighted by molar-refractivity contribution is 5.99. The second kappa shape index (κ2) is 8.09. The Morgan fingerprint density at radius 3 is 2.67 bits per heavy atom. The van der Waals surface area contributed by atoms with Gasteiger partial charge in [0.1, 0.15) is 11.5 Å². The van der Waals surface area contributed by atoms with Crippen LogP contribution in [0.2, 0.25) is 0 Å². The maximum Gasteiger partial charge on any atom is 0.262 e. The quantitative estimate of drug-likeness (QED) is 0.815. The fourth-order valence-corrected chi connectivity index (χ4v) is 2.93. The van der Waals surface area contributed by atoms with Crippen LogP contribution in [0.3, 0.4) is 0 Å². The molecule has 2 aromatic carbocycles. The summed E-state index contributed by atoms with van der Waals surface area (Å²) in [7, 11) is 5.57. The molecule has 7 nitrogen and oxygen atoms in total. The highest BCUT2D eigenvalue weighted by Crippen LogP contribution is 2.28. The van der Waals surface area contributed by atoms with Gasteiger partial charge in [0, 0.05) is 12.1 Å². The number of likely N-dealkylation sites (N-methyl/N-ethyl adjacent to an activating group) is 1. The van der Waals surface area contributed by atoms with E-state index in [0.717, 1.165) is 11.3 Å². The van der Waals surface area contributed by atoms with Gasteiger partial charge >= 0.3 is 0 Å². The summed E-state index contributed by atoms with van der Waals surface area (Å²) in [5, 5.41) is 5.68. The summed E-state index contributed by atoms with van der Waals surface area (Å²) in [5.41, 5.74) is 2.14. The zero-order valence-electron chi connectivity index (χ0n) is 15.6. The summed E-state index contributed by atoms with van der Waals surface area (Å²) >= 11 is 0. The van der Waals surface area contributed by atoms with Crippen LogP contribution in [0.1, 0.15) is 22.0 Å². The first-order valence-corrected chi connectivity index (χ1v) is 8.63. The molecule has 2 N–H and O–H groups in total. The van der Waals surface area contributed by atoms with E-state index in [1.54, 1.807) is 25.3 Å². The summed E-state index contributed by atoms with van der Waals surface area (Å²) in [6.07, 6.45) is 0. The predicted molar refractivity (Wildman–Crippen MR) is 102 cm³/mol. The molecule has 3 rings (SSSR count). The zero-order chi connectivity index (χ0) is 19.4. The normalized spacial score (nSPS) is 14.0. The van der Waals surface area contributed by atoms with Gasteiger partial charge in [-0.15, -0.1) is 0 Å². The third-order valence-electron chi connectivity index (χ3n) is 4.46. The summed E-state index contributed by atoms with van der Waals surface area (Å²) in [6.45, 7) is 0.408. The maximum absolute atomic E-state index is 12.6. The SMILES string of the molecule is COc1ccc(C(CNC(=O)c2ccc3c(c2)OCC(=O)N3)N(C)C)cc1. The predicted octanol–water partition coefficient (Wildman–Crippen LogP) is 2.06. The smallest absolute Gasteiger partial charge is 0.262 e. The number of ether oxygens (including phenoxy) is 2. The molecule has 2 amide bonds. The minimum Gasteiger partial charge on any atom is -0.497 e. The molecule has 0 fully saturated rings. The van der Waals surface area contributed by atoms with Crippen LogP contribution < -0.4 is 20.1 Å². The Bertz CT molecular complexity index is 834. The molecule has 0 bridgehead atoms. The van der Waals surface area contributed by atoms with E-state index in [0.29, 0.717) is 23.5 Å². The third-order valence-corrected chi connectivity index (χ3v) is 4.46. The number of fused-ring (bicyclic) bond motifs is 1. The second-order valence-corrected chi connectivity index (χ2v) is 6.51. The van der Waals surface area contributed by atoms with E-state index in [9.17, 15) is 9.59 Å². The van der Waals surface area contributed by atoms with Gasteiger partial charge in [-0.3, -0.25) is 9.59 Å². The van der Waals surface area contributed by atoms with Gasteiger partial charge in [0.15, 0.2) is 6.61 Å². The molecule has 0 saturated carbocycles. The van der Waals surface area contributed by atoms with E-state index in [1.807, 2.05) is 43.3 Å². The molecule has 1 unspecified atom stereocenters. The molecular formula is C20H23N3O4. The number of amides is 2. The lowest BCUT2D eigenvalue weighted by atomic mass is 10.1. The van der Waals surface area contributed by atoms with Crippen molar-refractivity contribution in [1.82, 2.24) is 10.2 Å². The lowest BCUT2D eigenvalue weighted by molar-refractivity contribution is -0.118. The number of carbonyl (C=O) groups excluding carboxylic acids is 2. The molecule has 1 aliphatic rings. The molecule has 1 heterocycles. The molecule has 1 aliphatic heterocycles. The molecule has 0 aliphatic carbocycles. The van der Waals surface area contributed by atoms with Crippen molar-refractivity contribution in [3.63, 3.8) is 0 Å². The fraction of sp³-hybridized carbons (Fsp3) is 0.300. The molecule has 0 spiro atoms. The average Bonchev–Trinajstić information content (AvgIpc) is 2.67. The standard InChI is InChI=1S/C20H23N3O4/c1-23(2)17(13-4-7-15(26-3)8-5-13)11-21-20(25)14-6-9-16-18(10-14)27-12-19(24)22-16/h4-10,17H,11-12H2,1-3H3,(H,21,25)(H,22,24). The summed E-state index contributed by atoms with van der Waals surface area (Å²) < 4.78 is 10.6. The van der Waals surface area contributed by atoms with Crippen LogP contribution in [0, 0.1) is 0 Å². The first-order chi connectivity index (χ1) is 13.0. The number of anilines is 1. The Balaban J connectivity index is 1.68. The van der Waals surface area contributed by atoms with Crippen LogP contribution in [0.4, 0.5) is 5.69 Å². The van der Waals surface area contributed by atoms with E-state index in [1.165, 1.54) is 0 Å². The Hall–Kier alpha value is -3.06. The molecule has 0 radical (unpaired) electrons. The van der Waals surface area contributed by atoms with E-state index in [2.05, 4.69) is 10.6 Å². The lowest BCUT2D eigenvalue weighted by Crippen LogP contribution is -2.34. The van der Waals surface area contributed by atoms with Crippen molar-refractivity contribution in [3.8, 4) is 11.5 Å². The van der Waals surface area contributed by atoms with Crippen molar-refractivity contribution in [3.05, 3.63) is 53.6 Å². The first kappa shape index (κ1) is 18.7. The van der Waals surface area contributed by atoms with Crippen molar-refractivity contribution in [2.75, 3.05) is 39.7 Å². The van der Waals surface area contributed by atoms with Crippen molar-refractivity contribution >= 4 is 17.5 Å². The minimum absolute atomic E-state index is 0.0213. The zero-order valence-corrected chi connectivity index (χ0v) is 15.6. The van der Waals surface area contributed by atoms with Crippen molar-refractivity contribution < 1.29 is 19.1 Å². The van der Waals surface area contributed by atoms with Crippen molar-refractivity contribution in [1.29, 1.82) is 0 Å². The third kappa shape index (κ3) is 4.38. The van der Waals surface area contributed by atoms with Gasteiger partial charge in [0.05, 0.1) is 18.8 Å².